The van der Waals surface area contributed by atoms with E-state index in [-0.39, 0.29) is 11.4 Å². The maximum Gasteiger partial charge on any atom is 0.272 e. The van der Waals surface area contributed by atoms with Gasteiger partial charge in [0.1, 0.15) is 11.2 Å². The Morgan fingerprint density at radius 3 is 2.84 bits per heavy atom. The van der Waals surface area contributed by atoms with Gasteiger partial charge in [0.05, 0.1) is 11.4 Å². The number of nitrogens with zero attached hydrogens (tertiary/aromatic N) is 5. The van der Waals surface area contributed by atoms with Gasteiger partial charge >= 0.3 is 0 Å². The SMILES string of the molecule is Cc1cccc(C(=O)N2CC[C@@]3(C2)c2cccn2-c2ncccc2N3CCC(C)C)n1. The van der Waals surface area contributed by atoms with Crippen LogP contribution in [0.5, 0.6) is 0 Å². The summed E-state index contributed by atoms with van der Waals surface area (Å²) in [6.45, 7) is 8.75. The van der Waals surface area contributed by atoms with Crippen molar-refractivity contribution in [3.05, 3.63) is 71.9 Å². The molecule has 1 spiro atoms. The van der Waals surface area contributed by atoms with Crippen LogP contribution in [0.2, 0.25) is 0 Å². The Labute approximate surface area is 183 Å². The molecule has 0 aliphatic carbocycles. The number of aryl methyl sites for hydroxylation is 1. The van der Waals surface area contributed by atoms with Gasteiger partial charge < -0.3 is 14.4 Å². The largest absolute Gasteiger partial charge is 0.355 e. The zero-order valence-corrected chi connectivity index (χ0v) is 18.5. The van der Waals surface area contributed by atoms with Gasteiger partial charge in [0, 0.05) is 37.7 Å². The summed E-state index contributed by atoms with van der Waals surface area (Å²) in [5, 5.41) is 0. The normalized spacial score (nSPS) is 19.7. The molecule has 5 heterocycles. The van der Waals surface area contributed by atoms with E-state index in [4.69, 9.17) is 4.98 Å². The van der Waals surface area contributed by atoms with Crippen molar-refractivity contribution < 1.29 is 4.79 Å². The standard InChI is InChI=1S/C25H29N5O/c1-18(2)11-15-30-21-9-5-13-26-23(21)29-14-6-10-22(29)25(30)12-16-28(17-25)24(31)20-8-4-7-19(3)27-20/h4-10,13-14,18H,11-12,15-17H2,1-3H3/t25-/m1/s1. The lowest BCUT2D eigenvalue weighted by atomic mass is 9.88. The number of amides is 1. The number of pyridine rings is 2. The van der Waals surface area contributed by atoms with Gasteiger partial charge in [-0.25, -0.2) is 9.97 Å². The summed E-state index contributed by atoms with van der Waals surface area (Å²) in [4.78, 5) is 27.0. The van der Waals surface area contributed by atoms with Crippen LogP contribution in [-0.2, 0) is 5.54 Å². The van der Waals surface area contributed by atoms with Crippen LogP contribution in [0.1, 0.15) is 48.6 Å². The quantitative estimate of drug-likeness (QED) is 0.641. The molecule has 3 aromatic rings. The number of rotatable bonds is 4. The number of carbonyl (C=O) groups excluding carboxylic acids is 1. The van der Waals surface area contributed by atoms with E-state index in [1.165, 1.54) is 5.69 Å². The van der Waals surface area contributed by atoms with E-state index in [1.54, 1.807) is 0 Å². The predicted molar refractivity (Wildman–Crippen MR) is 122 cm³/mol. The molecule has 0 unspecified atom stereocenters. The molecule has 6 heteroatoms. The Kier molecular flexibility index (Phi) is 4.80. The van der Waals surface area contributed by atoms with E-state index in [1.807, 2.05) is 42.3 Å². The van der Waals surface area contributed by atoms with Crippen molar-refractivity contribution in [1.29, 1.82) is 0 Å². The molecule has 1 fully saturated rings. The topological polar surface area (TPSA) is 54.3 Å². The average molecular weight is 416 g/mol. The first-order valence-electron chi connectivity index (χ1n) is 11.1. The minimum atomic E-state index is -0.256. The van der Waals surface area contributed by atoms with Crippen LogP contribution in [0.3, 0.4) is 0 Å². The summed E-state index contributed by atoms with van der Waals surface area (Å²) in [5.74, 6) is 1.59. The molecular weight excluding hydrogens is 386 g/mol. The lowest BCUT2D eigenvalue weighted by molar-refractivity contribution is 0.0776. The molecule has 2 aliphatic rings. The van der Waals surface area contributed by atoms with Crippen LogP contribution in [-0.4, -0.2) is 45.0 Å². The number of aromatic nitrogens is 3. The monoisotopic (exact) mass is 415 g/mol. The second kappa shape index (κ2) is 7.52. The van der Waals surface area contributed by atoms with Gasteiger partial charge in [0.15, 0.2) is 5.82 Å². The molecule has 0 saturated carbocycles. The summed E-state index contributed by atoms with van der Waals surface area (Å²) >= 11 is 0. The zero-order valence-electron chi connectivity index (χ0n) is 18.5. The Hall–Kier alpha value is -3.15. The van der Waals surface area contributed by atoms with E-state index < -0.39 is 0 Å². The van der Waals surface area contributed by atoms with Crippen molar-refractivity contribution in [1.82, 2.24) is 19.4 Å². The molecule has 160 valence electrons. The molecule has 2 aliphatic heterocycles. The summed E-state index contributed by atoms with van der Waals surface area (Å²) in [6, 6.07) is 14.1. The first-order valence-corrected chi connectivity index (χ1v) is 11.1. The maximum absolute atomic E-state index is 13.3. The van der Waals surface area contributed by atoms with Crippen LogP contribution in [0, 0.1) is 12.8 Å². The van der Waals surface area contributed by atoms with Gasteiger partial charge in [0.25, 0.3) is 5.91 Å². The fourth-order valence-electron chi connectivity index (χ4n) is 5.04. The van der Waals surface area contributed by atoms with Crippen LogP contribution in [0.4, 0.5) is 5.69 Å². The van der Waals surface area contributed by atoms with E-state index in [0.29, 0.717) is 24.7 Å². The minimum Gasteiger partial charge on any atom is -0.355 e. The highest BCUT2D eigenvalue weighted by atomic mass is 16.2. The van der Waals surface area contributed by atoms with Crippen LogP contribution in [0.15, 0.2) is 54.9 Å². The van der Waals surface area contributed by atoms with Gasteiger partial charge in [-0.3, -0.25) is 4.79 Å². The van der Waals surface area contributed by atoms with Crippen LogP contribution < -0.4 is 4.90 Å². The molecule has 3 aromatic heterocycles. The molecule has 0 radical (unpaired) electrons. The first-order chi connectivity index (χ1) is 15.0. The number of hydrogen-bond acceptors (Lipinski definition) is 4. The number of carbonyl (C=O) groups is 1. The third-order valence-electron chi connectivity index (χ3n) is 6.60. The molecule has 5 rings (SSSR count). The third-order valence-corrected chi connectivity index (χ3v) is 6.60. The number of anilines is 1. The van der Waals surface area contributed by atoms with Gasteiger partial charge in [-0.15, -0.1) is 0 Å². The van der Waals surface area contributed by atoms with Gasteiger partial charge in [-0.05, 0) is 62.1 Å². The summed E-state index contributed by atoms with van der Waals surface area (Å²) in [5.41, 5.74) is 3.50. The highest BCUT2D eigenvalue weighted by Gasteiger charge is 2.50. The predicted octanol–water partition coefficient (Wildman–Crippen LogP) is 4.18. The molecule has 6 nitrogen and oxygen atoms in total. The molecule has 1 atom stereocenters. The summed E-state index contributed by atoms with van der Waals surface area (Å²) in [7, 11) is 0. The van der Waals surface area contributed by atoms with E-state index in [0.717, 1.165) is 36.6 Å². The second-order valence-electron chi connectivity index (χ2n) is 9.12. The highest BCUT2D eigenvalue weighted by molar-refractivity contribution is 5.92. The molecule has 1 saturated heterocycles. The summed E-state index contributed by atoms with van der Waals surface area (Å²) in [6.07, 6.45) is 5.93. The van der Waals surface area contributed by atoms with Crippen LogP contribution >= 0.6 is 0 Å². The maximum atomic E-state index is 13.3. The first kappa shape index (κ1) is 19.8. The molecule has 0 bridgehead atoms. The van der Waals surface area contributed by atoms with Gasteiger partial charge in [-0.2, -0.15) is 0 Å². The molecule has 0 N–H and O–H groups in total. The molecular formula is C25H29N5O. The van der Waals surface area contributed by atoms with Gasteiger partial charge in [-0.1, -0.05) is 19.9 Å². The smallest absolute Gasteiger partial charge is 0.272 e. The third kappa shape index (κ3) is 3.21. The fraction of sp³-hybridized carbons (Fsp3) is 0.400. The number of hydrogen-bond donors (Lipinski definition) is 0. The van der Waals surface area contributed by atoms with Crippen molar-refractivity contribution in [2.45, 2.75) is 39.2 Å². The van der Waals surface area contributed by atoms with E-state index in [9.17, 15) is 4.79 Å². The van der Waals surface area contributed by atoms with Crippen molar-refractivity contribution in [2.75, 3.05) is 24.5 Å². The number of likely N-dealkylation sites (tertiary alicyclic amines) is 1. The lowest BCUT2D eigenvalue weighted by Crippen LogP contribution is -2.53. The molecule has 31 heavy (non-hydrogen) atoms. The minimum absolute atomic E-state index is 0.0134. The van der Waals surface area contributed by atoms with Crippen molar-refractivity contribution in [3.63, 3.8) is 0 Å². The Morgan fingerprint density at radius 1 is 1.16 bits per heavy atom. The van der Waals surface area contributed by atoms with Gasteiger partial charge in [0.2, 0.25) is 0 Å². The average Bonchev–Trinajstić information content (AvgIpc) is 3.42. The van der Waals surface area contributed by atoms with E-state index in [2.05, 4.69) is 52.7 Å². The van der Waals surface area contributed by atoms with Crippen molar-refractivity contribution in [2.24, 2.45) is 5.92 Å². The zero-order chi connectivity index (χ0) is 21.6. The molecule has 0 aromatic carbocycles. The second-order valence-corrected chi connectivity index (χ2v) is 9.12. The van der Waals surface area contributed by atoms with E-state index >= 15 is 0 Å². The summed E-state index contributed by atoms with van der Waals surface area (Å²) < 4.78 is 2.21. The molecule has 1 amide bonds. The Bertz CT molecular complexity index is 1120. The lowest BCUT2D eigenvalue weighted by Gasteiger charge is -2.47. The highest BCUT2D eigenvalue weighted by Crippen LogP contribution is 2.47. The van der Waals surface area contributed by atoms with Crippen molar-refractivity contribution in [3.8, 4) is 5.82 Å². The number of fused-ring (bicyclic) bond motifs is 4. The van der Waals surface area contributed by atoms with Crippen LogP contribution in [0.25, 0.3) is 5.82 Å². The fourth-order valence-corrected chi connectivity index (χ4v) is 5.04. The van der Waals surface area contributed by atoms with Crippen molar-refractivity contribution >= 4 is 11.6 Å². The Morgan fingerprint density at radius 2 is 2.03 bits per heavy atom. The Balaban J connectivity index is 1.55.